The summed E-state index contributed by atoms with van der Waals surface area (Å²) in [6, 6.07) is 0. The van der Waals surface area contributed by atoms with Crippen molar-refractivity contribution < 1.29 is 4.79 Å². The van der Waals surface area contributed by atoms with E-state index >= 15 is 0 Å². The van der Waals surface area contributed by atoms with Crippen molar-refractivity contribution in [1.82, 2.24) is 9.78 Å². The third-order valence-electron chi connectivity index (χ3n) is 4.72. The van der Waals surface area contributed by atoms with Crippen LogP contribution in [0.4, 0.5) is 0 Å². The van der Waals surface area contributed by atoms with Crippen molar-refractivity contribution in [1.29, 1.82) is 0 Å². The van der Waals surface area contributed by atoms with E-state index in [9.17, 15) is 4.79 Å². The minimum absolute atomic E-state index is 0.268. The molecule has 1 fully saturated rings. The van der Waals surface area contributed by atoms with E-state index in [0.29, 0.717) is 12.2 Å². The molecule has 0 spiro atoms. The number of hydrogen-bond donors (Lipinski definition) is 0. The van der Waals surface area contributed by atoms with Crippen molar-refractivity contribution in [3.63, 3.8) is 0 Å². The van der Waals surface area contributed by atoms with E-state index in [1.807, 2.05) is 11.7 Å². The number of halogens is 1. The van der Waals surface area contributed by atoms with Crippen LogP contribution in [-0.4, -0.2) is 15.6 Å². The fraction of sp³-hybridized carbons (Fsp3) is 0.750. The molecule has 0 amide bonds. The van der Waals surface area contributed by atoms with Crippen LogP contribution in [0.25, 0.3) is 0 Å². The molecule has 0 unspecified atom stereocenters. The lowest BCUT2D eigenvalue weighted by Crippen LogP contribution is -2.23. The predicted molar refractivity (Wildman–Crippen MR) is 84.7 cm³/mol. The van der Waals surface area contributed by atoms with Crippen LogP contribution < -0.4 is 0 Å². The summed E-state index contributed by atoms with van der Waals surface area (Å²) in [6.07, 6.45) is 7.27. The van der Waals surface area contributed by atoms with Gasteiger partial charge in [-0.25, -0.2) is 0 Å². The fourth-order valence-corrected chi connectivity index (χ4v) is 3.97. The Hall–Kier alpha value is -0.640. The Bertz CT molecular complexity index is 473. The molecule has 1 aromatic heterocycles. The Kier molecular flexibility index (Phi) is 5.42. The van der Waals surface area contributed by atoms with Gasteiger partial charge < -0.3 is 0 Å². The minimum Gasteiger partial charge on any atom is -0.299 e. The van der Waals surface area contributed by atoms with Gasteiger partial charge in [-0.2, -0.15) is 5.10 Å². The first-order valence-corrected chi connectivity index (χ1v) is 8.59. The van der Waals surface area contributed by atoms with Crippen molar-refractivity contribution in [3.8, 4) is 0 Å². The van der Waals surface area contributed by atoms with E-state index in [1.54, 1.807) is 0 Å². The van der Waals surface area contributed by atoms with Crippen LogP contribution in [0.5, 0.6) is 0 Å². The van der Waals surface area contributed by atoms with E-state index in [2.05, 4.69) is 34.9 Å². The summed E-state index contributed by atoms with van der Waals surface area (Å²) in [4.78, 5) is 12.5. The summed E-state index contributed by atoms with van der Waals surface area (Å²) < 4.78 is 2.89. The van der Waals surface area contributed by atoms with Crippen molar-refractivity contribution >= 4 is 21.7 Å². The highest BCUT2D eigenvalue weighted by molar-refractivity contribution is 9.10. The van der Waals surface area contributed by atoms with Crippen molar-refractivity contribution in [2.75, 3.05) is 0 Å². The smallest absolute Gasteiger partial charge is 0.141 e. The molecule has 0 aromatic carbocycles. The van der Waals surface area contributed by atoms with Gasteiger partial charge in [-0.05, 0) is 54.0 Å². The standard InChI is InChI=1S/C16H25BrN2O/c1-4-11-6-8-12(9-7-11)15(20)10-14-16(17)13(5-2)18-19(14)3/h11-12H,4-10H2,1-3H3. The van der Waals surface area contributed by atoms with E-state index in [-0.39, 0.29) is 5.92 Å². The summed E-state index contributed by atoms with van der Waals surface area (Å²) in [5.74, 6) is 1.50. The number of ketones is 1. The molecule has 0 N–H and O–H groups in total. The highest BCUT2D eigenvalue weighted by atomic mass is 79.9. The molecular weight excluding hydrogens is 316 g/mol. The normalized spacial score (nSPS) is 23.0. The average molecular weight is 341 g/mol. The van der Waals surface area contributed by atoms with Crippen LogP contribution in [0.3, 0.4) is 0 Å². The van der Waals surface area contributed by atoms with E-state index in [1.165, 1.54) is 19.3 Å². The summed E-state index contributed by atoms with van der Waals surface area (Å²) >= 11 is 3.60. The first-order chi connectivity index (χ1) is 9.56. The van der Waals surface area contributed by atoms with Crippen LogP contribution in [0.1, 0.15) is 57.3 Å². The zero-order chi connectivity index (χ0) is 14.7. The number of carbonyl (C=O) groups is 1. The first-order valence-electron chi connectivity index (χ1n) is 7.79. The molecule has 0 aliphatic heterocycles. The van der Waals surface area contributed by atoms with Gasteiger partial charge in [0, 0.05) is 19.4 Å². The lowest BCUT2D eigenvalue weighted by atomic mass is 9.78. The van der Waals surface area contributed by atoms with Gasteiger partial charge in [0.25, 0.3) is 0 Å². The number of Topliss-reactive ketones (excluding diaryl/α,β-unsaturated/α-hetero) is 1. The molecule has 4 heteroatoms. The molecule has 3 nitrogen and oxygen atoms in total. The van der Waals surface area contributed by atoms with Gasteiger partial charge in [0.2, 0.25) is 0 Å². The summed E-state index contributed by atoms with van der Waals surface area (Å²) in [5.41, 5.74) is 2.08. The van der Waals surface area contributed by atoms with Crippen LogP contribution in [-0.2, 0) is 24.7 Å². The van der Waals surface area contributed by atoms with Gasteiger partial charge in [-0.1, -0.05) is 20.3 Å². The number of rotatable bonds is 5. The van der Waals surface area contributed by atoms with Crippen LogP contribution in [0.2, 0.25) is 0 Å². The number of hydrogen-bond acceptors (Lipinski definition) is 2. The Labute approximate surface area is 130 Å². The van der Waals surface area contributed by atoms with Gasteiger partial charge >= 0.3 is 0 Å². The Morgan fingerprint density at radius 1 is 1.30 bits per heavy atom. The summed E-state index contributed by atoms with van der Waals surface area (Å²) in [5, 5.41) is 4.47. The Morgan fingerprint density at radius 3 is 2.45 bits per heavy atom. The molecule has 0 radical (unpaired) electrons. The molecule has 0 atom stereocenters. The second kappa shape index (κ2) is 6.88. The maximum Gasteiger partial charge on any atom is 0.141 e. The van der Waals surface area contributed by atoms with Gasteiger partial charge in [-0.3, -0.25) is 9.48 Å². The molecule has 1 saturated carbocycles. The predicted octanol–water partition coefficient (Wildman–Crippen LogP) is 4.07. The maximum absolute atomic E-state index is 12.5. The molecule has 1 aliphatic carbocycles. The van der Waals surface area contributed by atoms with Gasteiger partial charge in [0.1, 0.15) is 5.78 Å². The zero-order valence-electron chi connectivity index (χ0n) is 12.8. The van der Waals surface area contributed by atoms with Crippen molar-refractivity contribution in [3.05, 3.63) is 15.9 Å². The summed E-state index contributed by atoms with van der Waals surface area (Å²) in [7, 11) is 1.93. The van der Waals surface area contributed by atoms with Gasteiger partial charge in [0.05, 0.1) is 15.9 Å². The largest absolute Gasteiger partial charge is 0.299 e. The molecule has 0 saturated heterocycles. The van der Waals surface area contributed by atoms with Crippen LogP contribution in [0.15, 0.2) is 4.47 Å². The highest BCUT2D eigenvalue weighted by Gasteiger charge is 2.27. The molecule has 0 bridgehead atoms. The maximum atomic E-state index is 12.5. The van der Waals surface area contributed by atoms with Crippen molar-refractivity contribution in [2.24, 2.45) is 18.9 Å². The molecule has 1 aliphatic rings. The molecule has 20 heavy (non-hydrogen) atoms. The molecule has 1 heterocycles. The van der Waals surface area contributed by atoms with Crippen molar-refractivity contribution in [2.45, 2.75) is 58.8 Å². The van der Waals surface area contributed by atoms with Crippen LogP contribution >= 0.6 is 15.9 Å². The molecule has 1 aromatic rings. The van der Waals surface area contributed by atoms with Gasteiger partial charge in [-0.15, -0.1) is 0 Å². The third-order valence-corrected chi connectivity index (χ3v) is 5.64. The monoisotopic (exact) mass is 340 g/mol. The van der Waals surface area contributed by atoms with E-state index < -0.39 is 0 Å². The zero-order valence-corrected chi connectivity index (χ0v) is 14.4. The number of aryl methyl sites for hydroxylation is 2. The lowest BCUT2D eigenvalue weighted by Gasteiger charge is -2.26. The second-order valence-electron chi connectivity index (χ2n) is 5.95. The quantitative estimate of drug-likeness (QED) is 0.809. The highest BCUT2D eigenvalue weighted by Crippen LogP contribution is 2.32. The topological polar surface area (TPSA) is 34.9 Å². The fourth-order valence-electron chi connectivity index (χ4n) is 3.21. The van der Waals surface area contributed by atoms with E-state index in [4.69, 9.17) is 0 Å². The number of nitrogens with zero attached hydrogens (tertiary/aromatic N) is 2. The molecular formula is C16H25BrN2O. The average Bonchev–Trinajstić information content (AvgIpc) is 2.74. The lowest BCUT2D eigenvalue weighted by molar-refractivity contribution is -0.123. The Balaban J connectivity index is 2.00. The van der Waals surface area contributed by atoms with E-state index in [0.717, 1.165) is 41.0 Å². The first kappa shape index (κ1) is 15.7. The molecule has 112 valence electrons. The SMILES string of the molecule is CCc1nn(C)c(CC(=O)C2CCC(CC)CC2)c1Br. The third kappa shape index (κ3) is 3.33. The summed E-state index contributed by atoms with van der Waals surface area (Å²) in [6.45, 7) is 4.34. The molecule has 2 rings (SSSR count). The number of aromatic nitrogens is 2. The Morgan fingerprint density at radius 2 is 1.95 bits per heavy atom. The second-order valence-corrected chi connectivity index (χ2v) is 6.75. The minimum atomic E-state index is 0.268. The number of carbonyl (C=O) groups excluding carboxylic acids is 1. The van der Waals surface area contributed by atoms with Gasteiger partial charge in [0.15, 0.2) is 0 Å². The van der Waals surface area contributed by atoms with Crippen LogP contribution in [0, 0.1) is 11.8 Å².